The van der Waals surface area contributed by atoms with Crippen molar-refractivity contribution in [2.24, 2.45) is 11.3 Å². The zero-order valence-electron chi connectivity index (χ0n) is 41.6. The molecule has 2 aromatic heterocycles. The van der Waals surface area contributed by atoms with Crippen LogP contribution in [0.4, 0.5) is 21.6 Å². The summed E-state index contributed by atoms with van der Waals surface area (Å²) in [5.41, 5.74) is 3.50. The molecule has 16 nitrogen and oxygen atoms in total. The minimum absolute atomic E-state index is 0.00498. The molecule has 5 aliphatic rings. The van der Waals surface area contributed by atoms with Gasteiger partial charge in [0.15, 0.2) is 17.3 Å². The van der Waals surface area contributed by atoms with Gasteiger partial charge in [-0.1, -0.05) is 38.1 Å². The van der Waals surface area contributed by atoms with E-state index in [0.717, 1.165) is 70.0 Å². The summed E-state index contributed by atoms with van der Waals surface area (Å²) in [4.78, 5) is 42.1. The number of quaternary nitrogens is 1. The lowest BCUT2D eigenvalue weighted by atomic mass is 9.59. The fourth-order valence-corrected chi connectivity index (χ4v) is 12.4. The first-order chi connectivity index (χ1) is 33.8. The lowest BCUT2D eigenvalue weighted by Gasteiger charge is -2.58. The van der Waals surface area contributed by atoms with Gasteiger partial charge in [-0.05, 0) is 111 Å². The molecule has 1 unspecified atom stereocenters. The van der Waals surface area contributed by atoms with E-state index in [2.05, 4.69) is 67.9 Å². The maximum atomic E-state index is 14.9. The molecule has 1 spiro atoms. The molecule has 380 valence electrons. The van der Waals surface area contributed by atoms with Crippen molar-refractivity contribution >= 4 is 44.9 Å². The van der Waals surface area contributed by atoms with Crippen molar-refractivity contribution in [3.63, 3.8) is 0 Å². The number of carbonyl (C=O) groups excluding carboxylic acids is 2. The molecule has 2 saturated heterocycles. The predicted octanol–water partition coefficient (Wildman–Crippen LogP) is 7.04. The number of hydrogen-bond donors (Lipinski definition) is 4. The summed E-state index contributed by atoms with van der Waals surface area (Å²) in [6, 6.07) is 16.8. The predicted molar refractivity (Wildman–Crippen MR) is 269 cm³/mol. The van der Waals surface area contributed by atoms with Gasteiger partial charge in [-0.15, -0.1) is 0 Å². The molecule has 4 aromatic rings. The average Bonchev–Trinajstić information content (AvgIpc) is 3.70. The number of ether oxygens (including phenoxy) is 2. The van der Waals surface area contributed by atoms with Crippen molar-refractivity contribution < 1.29 is 42.0 Å². The Kier molecular flexibility index (Phi) is 14.2. The van der Waals surface area contributed by atoms with E-state index >= 15 is 0 Å². The van der Waals surface area contributed by atoms with Crippen molar-refractivity contribution in [2.45, 2.75) is 114 Å². The van der Waals surface area contributed by atoms with Gasteiger partial charge in [0.2, 0.25) is 5.91 Å². The third-order valence-corrected chi connectivity index (χ3v) is 17.0. The lowest BCUT2D eigenvalue weighted by Crippen LogP contribution is -2.98. The number of aliphatic hydroxyl groups is 1. The number of rotatable bonds is 14. The monoisotopic (exact) mass is 994 g/mol. The Labute approximate surface area is 416 Å². The Morgan fingerprint density at radius 3 is 2.44 bits per heavy atom. The van der Waals surface area contributed by atoms with Gasteiger partial charge in [0, 0.05) is 82.0 Å². The van der Waals surface area contributed by atoms with Gasteiger partial charge in [0.05, 0.1) is 43.3 Å². The molecular formula is C53H67FN8O8S. The van der Waals surface area contributed by atoms with Crippen LogP contribution in [-0.4, -0.2) is 110 Å². The molecule has 2 atom stereocenters. The summed E-state index contributed by atoms with van der Waals surface area (Å²) in [5.74, 6) is -0.405. The van der Waals surface area contributed by atoms with Gasteiger partial charge < -0.3 is 40.0 Å². The maximum Gasteiger partial charge on any atom is 0.268 e. The first-order valence-electron chi connectivity index (χ1n) is 25.0. The number of benzene rings is 2. The Bertz CT molecular complexity index is 2800. The van der Waals surface area contributed by atoms with Crippen LogP contribution >= 0.6 is 0 Å². The minimum atomic E-state index is -4.58. The van der Waals surface area contributed by atoms with Crippen LogP contribution in [-0.2, 0) is 21.2 Å². The van der Waals surface area contributed by atoms with Crippen LogP contribution in [0.2, 0.25) is 0 Å². The van der Waals surface area contributed by atoms with Crippen molar-refractivity contribution in [3.05, 3.63) is 100 Å². The molecule has 9 rings (SSSR count). The first kappa shape index (κ1) is 50.3. The number of sulfonamides is 1. The molecule has 2 amide bonds. The van der Waals surface area contributed by atoms with Crippen molar-refractivity contribution in [3.8, 4) is 17.4 Å². The molecule has 4 heterocycles. The van der Waals surface area contributed by atoms with Gasteiger partial charge in [-0.2, -0.15) is 0 Å². The van der Waals surface area contributed by atoms with Crippen LogP contribution in [0.15, 0.2) is 71.8 Å². The average molecular weight is 995 g/mol. The highest BCUT2D eigenvalue weighted by Crippen LogP contribution is 2.53. The van der Waals surface area contributed by atoms with Gasteiger partial charge in [-0.25, -0.2) is 27.5 Å². The highest BCUT2D eigenvalue weighted by Gasteiger charge is 2.50. The zero-order chi connectivity index (χ0) is 50.4. The second kappa shape index (κ2) is 20.1. The minimum Gasteiger partial charge on any atom is -0.629 e. The number of piperazine rings is 1. The number of carbonyl (C=O) groups is 2. The molecule has 71 heavy (non-hydrogen) atoms. The molecule has 4 N–H and O–H groups in total. The molecule has 2 aromatic carbocycles. The smallest absolute Gasteiger partial charge is 0.268 e. The number of anilines is 2. The Hall–Kier alpha value is -5.66. The van der Waals surface area contributed by atoms with Crippen LogP contribution < -0.4 is 29.5 Å². The number of hydrogen-bond acceptors (Lipinski definition) is 13. The Balaban J connectivity index is 0.928. The number of nitrogens with zero attached hydrogens (tertiary/aromatic N) is 5. The number of halogens is 1. The first-order valence-corrected chi connectivity index (χ1v) is 26.5. The normalized spacial score (nSPS) is 22.9. The standard InChI is InChI=1S/C53H67FN8O8S/c1-33(2)39-9-7-8-10-40(39)46-32-61(34(3)63)23-24-62(46)37-28-53(29-37)19-21-60(22-20-53)36-11-12-41(47(25-36)70-48-27-42-43(54)13-14-44(42)57-51(48)69-6)50(64)58-71(67,68)38-26-45(59(5)66)49(56-31-38)55-30-35-15-17-52(4,65)18-16-35/h7-13,25-27,31,33,35,37,46,59,65H,14-24,28-30,32H2,1-6H3,(H,55,56)(H,58,64)/t35-,46-,52-/m0/s1. The number of hydroxylamine groups is 1. The van der Waals surface area contributed by atoms with Crippen LogP contribution in [0.5, 0.6) is 17.4 Å². The molecule has 2 aliphatic heterocycles. The summed E-state index contributed by atoms with van der Waals surface area (Å²) in [7, 11) is -1.85. The third kappa shape index (κ3) is 10.6. The van der Waals surface area contributed by atoms with Crippen LogP contribution in [0.3, 0.4) is 0 Å². The fourth-order valence-electron chi connectivity index (χ4n) is 11.4. The molecule has 3 aliphatic carbocycles. The van der Waals surface area contributed by atoms with E-state index in [-0.39, 0.29) is 74.6 Å². The van der Waals surface area contributed by atoms with Crippen LogP contribution in [0, 0.1) is 16.5 Å². The number of nitrogens with one attached hydrogen (secondary N) is 3. The maximum absolute atomic E-state index is 14.9. The van der Waals surface area contributed by atoms with Crippen molar-refractivity contribution in [1.29, 1.82) is 0 Å². The summed E-state index contributed by atoms with van der Waals surface area (Å²) >= 11 is 0. The molecule has 0 bridgehead atoms. The van der Waals surface area contributed by atoms with Gasteiger partial charge in [0.1, 0.15) is 16.5 Å². The van der Waals surface area contributed by atoms with Crippen LogP contribution in [0.25, 0.3) is 5.83 Å². The van der Waals surface area contributed by atoms with E-state index in [1.165, 1.54) is 49.6 Å². The summed E-state index contributed by atoms with van der Waals surface area (Å²) in [6.45, 7) is 12.1. The largest absolute Gasteiger partial charge is 0.629 e. The summed E-state index contributed by atoms with van der Waals surface area (Å²) < 4.78 is 56.9. The van der Waals surface area contributed by atoms with E-state index in [4.69, 9.17) is 9.47 Å². The summed E-state index contributed by atoms with van der Waals surface area (Å²) in [5, 5.41) is 26.0. The Morgan fingerprint density at radius 2 is 1.75 bits per heavy atom. The number of aromatic nitrogens is 2. The lowest BCUT2D eigenvalue weighted by molar-refractivity contribution is -0.751. The van der Waals surface area contributed by atoms with E-state index in [1.54, 1.807) is 19.1 Å². The van der Waals surface area contributed by atoms with Gasteiger partial charge in [-0.3, -0.25) is 14.5 Å². The molecule has 2 saturated carbocycles. The molecule has 18 heteroatoms. The second-order valence-electron chi connectivity index (χ2n) is 21.0. The third-order valence-electron chi connectivity index (χ3n) is 15.7. The number of allylic oxidation sites excluding steroid dienone is 1. The fraction of sp³-hybridized carbons (Fsp3) is 0.509. The highest BCUT2D eigenvalue weighted by atomic mass is 32.2. The van der Waals surface area contributed by atoms with Gasteiger partial charge >= 0.3 is 0 Å². The van der Waals surface area contributed by atoms with E-state index in [0.29, 0.717) is 50.1 Å². The number of fused-ring (bicyclic) bond motifs is 1. The zero-order valence-corrected chi connectivity index (χ0v) is 42.4. The van der Waals surface area contributed by atoms with E-state index in [1.807, 2.05) is 11.8 Å². The SMILES string of the molecule is COc1nc2c(cc1Oc1cc(N3CCC4(CC3)CC(N3CCN(C(C)=O)C[C@H]3c3ccccc3C(C)C)C4)ccc1C(=O)NS(=O)(=O)c1cnc(NC[C@H]3CC[C@](C)(O)CC3)c([NH+](C)[O-])c1)C(F)=CC2. The molecule has 0 radical (unpaired) electrons. The number of amides is 2. The van der Waals surface area contributed by atoms with E-state index < -0.39 is 32.4 Å². The van der Waals surface area contributed by atoms with Crippen molar-refractivity contribution in [1.82, 2.24) is 24.5 Å². The van der Waals surface area contributed by atoms with Crippen molar-refractivity contribution in [2.75, 3.05) is 63.6 Å². The van der Waals surface area contributed by atoms with E-state index in [9.17, 15) is 32.7 Å². The number of methoxy groups -OCH3 is 1. The summed E-state index contributed by atoms with van der Waals surface area (Å²) in [6.07, 6.45) is 9.72. The quantitative estimate of drug-likeness (QED) is 0.0942. The highest BCUT2D eigenvalue weighted by molar-refractivity contribution is 7.90. The molecule has 4 fully saturated rings. The number of piperidine rings is 1. The Morgan fingerprint density at radius 1 is 1.01 bits per heavy atom. The second-order valence-corrected chi connectivity index (χ2v) is 22.6. The number of pyridine rings is 2. The van der Waals surface area contributed by atoms with Gasteiger partial charge in [0.25, 0.3) is 21.8 Å². The van der Waals surface area contributed by atoms with Crippen LogP contribution in [0.1, 0.15) is 124 Å². The molecular weight excluding hydrogens is 928 g/mol. The topological polar surface area (TPSA) is 194 Å².